The molecule has 0 heterocycles. The molecular formula is C38H35CuN7O3PS2+. The first kappa shape index (κ1) is 39.9. The Balaban J connectivity index is 0.00000605. The molecule has 10 nitrogen and oxygen atoms in total. The second-order valence-electron chi connectivity index (χ2n) is 10.9. The number of amidine groups is 2. The van der Waals surface area contributed by atoms with Crippen molar-refractivity contribution in [3.05, 3.63) is 167 Å². The normalized spacial score (nSPS) is 12.5. The molecule has 14 heteroatoms. The zero-order valence-electron chi connectivity index (χ0n) is 28.0. The van der Waals surface area contributed by atoms with Gasteiger partial charge in [0, 0.05) is 36.9 Å². The van der Waals surface area contributed by atoms with Gasteiger partial charge in [-0.1, -0.05) is 84.9 Å². The van der Waals surface area contributed by atoms with E-state index < -0.39 is 12.2 Å². The zero-order chi connectivity index (χ0) is 35.9. The van der Waals surface area contributed by atoms with E-state index in [-0.39, 0.29) is 33.1 Å². The minimum atomic E-state index is -2.14. The van der Waals surface area contributed by atoms with Crippen LogP contribution in [0.5, 0.6) is 0 Å². The second kappa shape index (κ2) is 20.2. The van der Waals surface area contributed by atoms with Gasteiger partial charge in [-0.3, -0.25) is 10.1 Å². The van der Waals surface area contributed by atoms with Crippen molar-refractivity contribution in [3.63, 3.8) is 0 Å². The quantitative estimate of drug-likeness (QED) is 0.0229. The summed E-state index contributed by atoms with van der Waals surface area (Å²) in [6.45, 7) is 0.765. The first-order valence-corrected chi connectivity index (χ1v) is 18.7. The van der Waals surface area contributed by atoms with E-state index in [1.54, 1.807) is 19.2 Å². The maximum Gasteiger partial charge on any atom is 2.00 e. The minimum absolute atomic E-state index is 0. The van der Waals surface area contributed by atoms with Crippen LogP contribution in [0.1, 0.15) is 11.1 Å². The molecule has 0 fully saturated rings. The summed E-state index contributed by atoms with van der Waals surface area (Å²) in [4.78, 5) is 10.8. The number of nitro benzene ring substituents is 1. The molecular weight excluding hydrogens is 761 g/mol. The van der Waals surface area contributed by atoms with E-state index in [2.05, 4.69) is 104 Å². The molecule has 0 aliphatic carbocycles. The molecule has 0 saturated heterocycles. The molecule has 0 atom stereocenters. The molecule has 0 saturated carbocycles. The summed E-state index contributed by atoms with van der Waals surface area (Å²) in [7, 11) is -0.510. The number of hydrogen-bond donors (Lipinski definition) is 2. The van der Waals surface area contributed by atoms with Gasteiger partial charge >= 0.3 is 17.1 Å². The number of hydrogen-bond acceptors (Lipinski definition) is 9. The standard InChI is InChI=1S/C38H36N7O3PS2.Cu/c1-39-37(50)43-41-36(30-22-24-31(25-23-30)45(46)47)35(29-14-6-2-7-15-29)42-44-38(51)40-26-27-48-28-49(32-16-8-3-9-17-32,33-18-10-4-11-19-33)34-20-12-5-13-21-34;/h2-25H,26-28H2,1H3,(H3-,39,40,41,42,43,44,50,51);/q;+2/p-1. The minimum Gasteiger partial charge on any atom is -0.741 e. The molecule has 5 aromatic carbocycles. The van der Waals surface area contributed by atoms with Gasteiger partial charge in [0.05, 0.1) is 11.5 Å². The molecule has 0 spiro atoms. The van der Waals surface area contributed by atoms with E-state index in [1.807, 2.05) is 48.5 Å². The molecule has 5 rings (SSSR count). The average Bonchev–Trinajstić information content (AvgIpc) is 3.19. The van der Waals surface area contributed by atoms with Crippen molar-refractivity contribution in [2.75, 3.05) is 26.5 Å². The SMILES string of the molecule is CN/C([S-])=N/N=C(/C(=N/N=C(\[S-])NCCOC[P+](c1ccccc1)(c1ccccc1)c1ccccc1)c1ccccc1)c1ccc([N+](=O)[O-])cc1.[Cu+2]. The molecule has 52 heavy (non-hydrogen) atoms. The van der Waals surface area contributed by atoms with Gasteiger partial charge in [0.2, 0.25) is 0 Å². The third-order valence-corrected chi connectivity index (χ3v) is 12.3. The first-order chi connectivity index (χ1) is 24.9. The van der Waals surface area contributed by atoms with Crippen molar-refractivity contribution < 1.29 is 26.7 Å². The van der Waals surface area contributed by atoms with Crippen LogP contribution < -0.4 is 26.5 Å². The summed E-state index contributed by atoms with van der Waals surface area (Å²) >= 11 is 10.7. The van der Waals surface area contributed by atoms with Crippen LogP contribution in [0.25, 0.3) is 0 Å². The topological polar surface area (TPSA) is 126 Å². The Kier molecular flexibility index (Phi) is 15.5. The summed E-state index contributed by atoms with van der Waals surface area (Å²) in [5.74, 6) is 0. The molecule has 0 unspecified atom stereocenters. The number of non-ortho nitro benzene ring substituents is 1. The molecule has 267 valence electrons. The van der Waals surface area contributed by atoms with Gasteiger partial charge in [-0.25, -0.2) is 0 Å². The molecule has 0 aliphatic heterocycles. The Morgan fingerprint density at radius 3 is 1.52 bits per heavy atom. The number of rotatable bonds is 14. The maximum absolute atomic E-state index is 11.3. The van der Waals surface area contributed by atoms with Crippen LogP contribution >= 0.6 is 7.26 Å². The van der Waals surface area contributed by atoms with Crippen LogP contribution in [0.15, 0.2) is 166 Å². The van der Waals surface area contributed by atoms with Gasteiger partial charge in [0.25, 0.3) is 5.69 Å². The van der Waals surface area contributed by atoms with Crippen molar-refractivity contribution >= 4 is 75.9 Å². The van der Waals surface area contributed by atoms with E-state index in [9.17, 15) is 10.1 Å². The number of nitro groups is 1. The summed E-state index contributed by atoms with van der Waals surface area (Å²) in [6, 6.07) is 46.8. The van der Waals surface area contributed by atoms with Crippen molar-refractivity contribution in [2.24, 2.45) is 20.4 Å². The summed E-state index contributed by atoms with van der Waals surface area (Å²) in [5.41, 5.74) is 1.78. The van der Waals surface area contributed by atoms with Crippen LogP contribution in [0.2, 0.25) is 0 Å². The number of benzene rings is 5. The molecule has 0 bridgehead atoms. The van der Waals surface area contributed by atoms with Crippen LogP contribution in [-0.2, 0) is 47.1 Å². The first-order valence-electron chi connectivity index (χ1n) is 15.9. The predicted octanol–water partition coefficient (Wildman–Crippen LogP) is 5.28. The Morgan fingerprint density at radius 1 is 0.654 bits per heavy atom. The third kappa shape index (κ3) is 10.4. The van der Waals surface area contributed by atoms with Gasteiger partial charge in [-0.05, 0) is 58.9 Å². The van der Waals surface area contributed by atoms with E-state index in [0.29, 0.717) is 42.0 Å². The van der Waals surface area contributed by atoms with Gasteiger partial charge in [-0.15, -0.1) is 10.2 Å². The Hall–Kier alpha value is -4.87. The molecule has 2 N–H and O–H groups in total. The Bertz CT molecular complexity index is 1910. The van der Waals surface area contributed by atoms with Crippen molar-refractivity contribution in [3.8, 4) is 0 Å². The molecule has 5 aromatic rings. The zero-order valence-corrected chi connectivity index (χ0v) is 31.5. The fraction of sp³-hybridized carbons (Fsp3) is 0.105. The third-order valence-electron chi connectivity index (χ3n) is 7.72. The number of ether oxygens (including phenoxy) is 1. The van der Waals surface area contributed by atoms with Gasteiger partial charge < -0.3 is 40.6 Å². The monoisotopic (exact) mass is 795 g/mol. The summed E-state index contributed by atoms with van der Waals surface area (Å²) < 4.78 is 6.45. The fourth-order valence-corrected chi connectivity index (χ4v) is 9.22. The van der Waals surface area contributed by atoms with Gasteiger partial charge in [-0.2, -0.15) is 10.2 Å². The maximum atomic E-state index is 11.3. The molecule has 0 amide bonds. The summed E-state index contributed by atoms with van der Waals surface area (Å²) in [5, 5.41) is 38.5. The van der Waals surface area contributed by atoms with Crippen LogP contribution in [0, 0.1) is 10.1 Å². The van der Waals surface area contributed by atoms with Crippen LogP contribution in [-0.4, -0.2) is 53.2 Å². The number of nitrogens with zero attached hydrogens (tertiary/aromatic N) is 5. The predicted molar refractivity (Wildman–Crippen MR) is 215 cm³/mol. The Morgan fingerprint density at radius 2 is 1.08 bits per heavy atom. The molecule has 1 radical (unpaired) electrons. The molecule has 0 aromatic heterocycles. The van der Waals surface area contributed by atoms with Gasteiger partial charge in [0.1, 0.15) is 34.6 Å². The van der Waals surface area contributed by atoms with E-state index in [0.717, 1.165) is 0 Å². The van der Waals surface area contributed by atoms with Crippen LogP contribution in [0.3, 0.4) is 0 Å². The van der Waals surface area contributed by atoms with Crippen LogP contribution in [0.4, 0.5) is 5.69 Å². The van der Waals surface area contributed by atoms with Crippen molar-refractivity contribution in [1.29, 1.82) is 0 Å². The van der Waals surface area contributed by atoms with E-state index in [4.69, 9.17) is 30.0 Å². The van der Waals surface area contributed by atoms with E-state index in [1.165, 1.54) is 28.0 Å². The largest absolute Gasteiger partial charge is 2.00 e. The fourth-order valence-electron chi connectivity index (χ4n) is 5.25. The smallest absolute Gasteiger partial charge is 0.741 e. The van der Waals surface area contributed by atoms with Gasteiger partial charge in [0.15, 0.2) is 6.35 Å². The number of nitrogens with one attached hydrogen (secondary N) is 2. The van der Waals surface area contributed by atoms with E-state index >= 15 is 0 Å². The molecule has 0 aliphatic rings. The average molecular weight is 796 g/mol. The summed E-state index contributed by atoms with van der Waals surface area (Å²) in [6.07, 6.45) is 0.500. The van der Waals surface area contributed by atoms with Crippen molar-refractivity contribution in [1.82, 2.24) is 10.6 Å². The Labute approximate surface area is 325 Å². The second-order valence-corrected chi connectivity index (χ2v) is 15.1. The van der Waals surface area contributed by atoms with Crippen molar-refractivity contribution in [2.45, 2.75) is 0 Å².